The SMILES string of the molecule is CCn1nnc2cc(C(=O)NNC(=O)C(C)Oc3ccccc3F)ccc21. The lowest BCUT2D eigenvalue weighted by Crippen LogP contribution is -2.47. The van der Waals surface area contributed by atoms with E-state index in [1.807, 2.05) is 6.92 Å². The van der Waals surface area contributed by atoms with Crippen molar-refractivity contribution in [1.82, 2.24) is 25.8 Å². The van der Waals surface area contributed by atoms with E-state index in [4.69, 9.17) is 4.74 Å². The summed E-state index contributed by atoms with van der Waals surface area (Å²) in [6.07, 6.45) is -1.01. The van der Waals surface area contributed by atoms with Crippen molar-refractivity contribution in [2.75, 3.05) is 0 Å². The van der Waals surface area contributed by atoms with E-state index in [2.05, 4.69) is 21.2 Å². The molecule has 2 aromatic carbocycles. The maximum atomic E-state index is 13.6. The average molecular weight is 371 g/mol. The van der Waals surface area contributed by atoms with Crippen LogP contribution in [0, 0.1) is 5.82 Å². The number of nitrogens with zero attached hydrogens (tertiary/aromatic N) is 3. The third kappa shape index (κ3) is 4.02. The largest absolute Gasteiger partial charge is 0.478 e. The van der Waals surface area contributed by atoms with Gasteiger partial charge in [-0.15, -0.1) is 5.10 Å². The lowest BCUT2D eigenvalue weighted by Gasteiger charge is -2.15. The molecule has 2 amide bonds. The highest BCUT2D eigenvalue weighted by molar-refractivity contribution is 5.98. The number of halogens is 1. The number of aromatic nitrogens is 3. The monoisotopic (exact) mass is 371 g/mol. The van der Waals surface area contributed by atoms with Gasteiger partial charge in [0.1, 0.15) is 5.52 Å². The Morgan fingerprint density at radius 3 is 2.74 bits per heavy atom. The zero-order chi connectivity index (χ0) is 19.4. The van der Waals surface area contributed by atoms with E-state index >= 15 is 0 Å². The number of hydrogen-bond acceptors (Lipinski definition) is 5. The number of ether oxygens (including phenoxy) is 1. The van der Waals surface area contributed by atoms with Crippen molar-refractivity contribution in [2.45, 2.75) is 26.5 Å². The summed E-state index contributed by atoms with van der Waals surface area (Å²) >= 11 is 0. The Morgan fingerprint density at radius 1 is 1.22 bits per heavy atom. The van der Waals surface area contributed by atoms with Gasteiger partial charge in [-0.05, 0) is 44.2 Å². The molecule has 1 atom stereocenters. The Bertz CT molecular complexity index is 988. The van der Waals surface area contributed by atoms with Crippen molar-refractivity contribution in [3.63, 3.8) is 0 Å². The second-order valence-electron chi connectivity index (χ2n) is 5.74. The van der Waals surface area contributed by atoms with Crippen LogP contribution in [-0.4, -0.2) is 32.9 Å². The number of fused-ring (bicyclic) bond motifs is 1. The molecule has 0 spiro atoms. The molecule has 8 nitrogen and oxygen atoms in total. The van der Waals surface area contributed by atoms with Crippen LogP contribution in [0.4, 0.5) is 4.39 Å². The standard InChI is InChI=1S/C18H18FN5O3/c1-3-24-15-9-8-12(10-14(15)20-23-24)18(26)22-21-17(25)11(2)27-16-7-5-4-6-13(16)19/h4-11H,3H2,1-2H3,(H,21,25)(H,22,26). The van der Waals surface area contributed by atoms with E-state index in [0.29, 0.717) is 17.6 Å². The summed E-state index contributed by atoms with van der Waals surface area (Å²) in [6.45, 7) is 4.05. The highest BCUT2D eigenvalue weighted by atomic mass is 19.1. The third-order valence-corrected chi connectivity index (χ3v) is 3.88. The normalized spacial score (nSPS) is 11.8. The van der Waals surface area contributed by atoms with Crippen LogP contribution in [-0.2, 0) is 11.3 Å². The molecule has 1 unspecified atom stereocenters. The smallest absolute Gasteiger partial charge is 0.279 e. The number of hydrogen-bond donors (Lipinski definition) is 2. The van der Waals surface area contributed by atoms with E-state index < -0.39 is 23.7 Å². The minimum absolute atomic E-state index is 0.0454. The fourth-order valence-electron chi connectivity index (χ4n) is 2.42. The number of aryl methyl sites for hydroxylation is 1. The summed E-state index contributed by atoms with van der Waals surface area (Å²) in [4.78, 5) is 24.3. The lowest BCUT2D eigenvalue weighted by atomic mass is 10.2. The molecule has 0 bridgehead atoms. The first-order valence-electron chi connectivity index (χ1n) is 8.34. The van der Waals surface area contributed by atoms with Crippen molar-refractivity contribution in [1.29, 1.82) is 0 Å². The number of para-hydroxylation sites is 1. The zero-order valence-electron chi connectivity index (χ0n) is 14.8. The molecule has 0 saturated carbocycles. The quantitative estimate of drug-likeness (QED) is 0.667. The van der Waals surface area contributed by atoms with E-state index in [1.54, 1.807) is 28.9 Å². The summed E-state index contributed by atoms with van der Waals surface area (Å²) in [6, 6.07) is 10.7. The van der Waals surface area contributed by atoms with Gasteiger partial charge in [-0.25, -0.2) is 9.07 Å². The fraction of sp³-hybridized carbons (Fsp3) is 0.222. The molecule has 0 radical (unpaired) electrons. The molecule has 27 heavy (non-hydrogen) atoms. The van der Waals surface area contributed by atoms with Crippen molar-refractivity contribution >= 4 is 22.8 Å². The fourth-order valence-corrected chi connectivity index (χ4v) is 2.42. The number of amides is 2. The number of benzene rings is 2. The highest BCUT2D eigenvalue weighted by Gasteiger charge is 2.18. The third-order valence-electron chi connectivity index (χ3n) is 3.88. The van der Waals surface area contributed by atoms with Crippen LogP contribution in [0.1, 0.15) is 24.2 Å². The summed E-state index contributed by atoms with van der Waals surface area (Å²) in [5.41, 5.74) is 6.26. The van der Waals surface area contributed by atoms with Crippen molar-refractivity contribution < 1.29 is 18.7 Å². The average Bonchev–Trinajstić information content (AvgIpc) is 3.09. The van der Waals surface area contributed by atoms with Crippen LogP contribution in [0.25, 0.3) is 11.0 Å². The highest BCUT2D eigenvalue weighted by Crippen LogP contribution is 2.17. The predicted octanol–water partition coefficient (Wildman–Crippen LogP) is 1.82. The van der Waals surface area contributed by atoms with Gasteiger partial charge >= 0.3 is 0 Å². The second-order valence-corrected chi connectivity index (χ2v) is 5.74. The summed E-state index contributed by atoms with van der Waals surface area (Å²) in [7, 11) is 0. The molecule has 1 heterocycles. The molecular formula is C18H18FN5O3. The van der Waals surface area contributed by atoms with Crippen LogP contribution >= 0.6 is 0 Å². The number of hydrazine groups is 1. The molecule has 0 saturated heterocycles. The van der Waals surface area contributed by atoms with Crippen molar-refractivity contribution in [2.24, 2.45) is 0 Å². The first-order chi connectivity index (χ1) is 13.0. The van der Waals surface area contributed by atoms with E-state index in [1.165, 1.54) is 25.1 Å². The van der Waals surface area contributed by atoms with E-state index in [0.717, 1.165) is 5.52 Å². The van der Waals surface area contributed by atoms with Gasteiger partial charge in [0.15, 0.2) is 17.7 Å². The first-order valence-corrected chi connectivity index (χ1v) is 8.34. The van der Waals surface area contributed by atoms with Crippen molar-refractivity contribution in [3.05, 3.63) is 53.8 Å². The molecule has 0 aliphatic heterocycles. The van der Waals surface area contributed by atoms with Crippen LogP contribution in [0.5, 0.6) is 5.75 Å². The van der Waals surface area contributed by atoms with Gasteiger partial charge in [0, 0.05) is 12.1 Å². The molecule has 0 fully saturated rings. The Morgan fingerprint density at radius 2 is 2.00 bits per heavy atom. The zero-order valence-corrected chi connectivity index (χ0v) is 14.8. The Labute approximate surface area is 154 Å². The molecular weight excluding hydrogens is 353 g/mol. The lowest BCUT2D eigenvalue weighted by molar-refractivity contribution is -0.128. The molecule has 3 aromatic rings. The maximum Gasteiger partial charge on any atom is 0.279 e. The minimum Gasteiger partial charge on any atom is -0.478 e. The van der Waals surface area contributed by atoms with Crippen LogP contribution in [0.3, 0.4) is 0 Å². The summed E-state index contributed by atoms with van der Waals surface area (Å²) < 4.78 is 20.5. The second kappa shape index (κ2) is 7.81. The van der Waals surface area contributed by atoms with Gasteiger partial charge in [0.05, 0.1) is 5.52 Å². The predicted molar refractivity (Wildman–Crippen MR) is 95.3 cm³/mol. The Hall–Kier alpha value is -3.49. The van der Waals surface area contributed by atoms with Crippen LogP contribution in [0.2, 0.25) is 0 Å². The molecule has 3 rings (SSSR count). The van der Waals surface area contributed by atoms with Crippen LogP contribution in [0.15, 0.2) is 42.5 Å². The molecule has 9 heteroatoms. The van der Waals surface area contributed by atoms with Gasteiger partial charge in [0.25, 0.3) is 11.8 Å². The van der Waals surface area contributed by atoms with Crippen LogP contribution < -0.4 is 15.6 Å². The molecule has 0 aliphatic rings. The summed E-state index contributed by atoms with van der Waals surface area (Å²) in [5, 5.41) is 7.98. The van der Waals surface area contributed by atoms with Gasteiger partial charge in [0.2, 0.25) is 0 Å². The van der Waals surface area contributed by atoms with Gasteiger partial charge in [-0.1, -0.05) is 17.3 Å². The Kier molecular flexibility index (Phi) is 5.30. The van der Waals surface area contributed by atoms with Gasteiger partial charge in [-0.3, -0.25) is 20.4 Å². The topological polar surface area (TPSA) is 98.1 Å². The first kappa shape index (κ1) is 18.3. The Balaban J connectivity index is 1.59. The molecule has 2 N–H and O–H groups in total. The summed E-state index contributed by atoms with van der Waals surface area (Å²) in [5.74, 6) is -1.76. The van der Waals surface area contributed by atoms with Gasteiger partial charge < -0.3 is 4.74 Å². The maximum absolute atomic E-state index is 13.6. The number of nitrogens with one attached hydrogen (secondary N) is 2. The number of carbonyl (C=O) groups is 2. The van der Waals surface area contributed by atoms with E-state index in [9.17, 15) is 14.0 Å². The molecule has 1 aromatic heterocycles. The van der Waals surface area contributed by atoms with E-state index in [-0.39, 0.29) is 5.75 Å². The molecule has 0 aliphatic carbocycles. The van der Waals surface area contributed by atoms with Gasteiger partial charge in [-0.2, -0.15) is 0 Å². The van der Waals surface area contributed by atoms with Crippen molar-refractivity contribution in [3.8, 4) is 5.75 Å². The molecule has 140 valence electrons. The number of rotatable bonds is 5. The number of carbonyl (C=O) groups excluding carboxylic acids is 2. The minimum atomic E-state index is -1.01.